The summed E-state index contributed by atoms with van der Waals surface area (Å²) < 4.78 is 0. The molecule has 0 spiro atoms. The van der Waals surface area contributed by atoms with Crippen LogP contribution in [0.5, 0.6) is 0 Å². The first-order valence-electron chi connectivity index (χ1n) is 3.99. The Labute approximate surface area is 71.7 Å². The van der Waals surface area contributed by atoms with Crippen molar-refractivity contribution in [2.75, 3.05) is 0 Å². The van der Waals surface area contributed by atoms with Crippen molar-refractivity contribution in [2.24, 2.45) is 9.98 Å². The number of nitrogens with zero attached hydrogens (tertiary/aromatic N) is 2. The molecule has 0 aromatic carbocycles. The molecule has 0 radical (unpaired) electrons. The summed E-state index contributed by atoms with van der Waals surface area (Å²) in [5.74, 6) is 0. The molecule has 2 bridgehead atoms. The van der Waals surface area contributed by atoms with E-state index in [1.165, 1.54) is 5.57 Å². The van der Waals surface area contributed by atoms with Gasteiger partial charge in [0.25, 0.3) is 0 Å². The molecular formula is C10H10N2. The smallest absolute Gasteiger partial charge is 0.0466 e. The molecule has 2 rings (SSSR count). The molecule has 2 aliphatic rings. The fourth-order valence-electron chi connectivity index (χ4n) is 1.25. The van der Waals surface area contributed by atoms with Crippen LogP contribution in [0.15, 0.2) is 45.7 Å². The van der Waals surface area contributed by atoms with Gasteiger partial charge in [0.05, 0.1) is 0 Å². The molecule has 0 aliphatic carbocycles. The van der Waals surface area contributed by atoms with E-state index in [9.17, 15) is 0 Å². The molecule has 0 fully saturated rings. The molecule has 60 valence electrons. The summed E-state index contributed by atoms with van der Waals surface area (Å²) in [5.41, 5.74) is 3.36. The minimum atomic E-state index is 0.897. The van der Waals surface area contributed by atoms with Crippen molar-refractivity contribution in [3.05, 3.63) is 35.7 Å². The summed E-state index contributed by atoms with van der Waals surface area (Å²) in [4.78, 5) is 8.51. The minimum absolute atomic E-state index is 0.897. The maximum absolute atomic E-state index is 4.42. The van der Waals surface area contributed by atoms with E-state index in [-0.39, 0.29) is 0 Å². The molecular weight excluding hydrogens is 148 g/mol. The number of hydrogen-bond acceptors (Lipinski definition) is 2. The zero-order chi connectivity index (χ0) is 8.39. The van der Waals surface area contributed by atoms with E-state index < -0.39 is 0 Å². The van der Waals surface area contributed by atoms with Gasteiger partial charge in [-0.25, -0.2) is 0 Å². The standard InChI is InChI=1S/C10H10N2/c1-8-2-3-9-6-10(12-8)4-5-11-7-9/h2-5,7H,6H2,1H3. The van der Waals surface area contributed by atoms with Crippen molar-refractivity contribution in [3.8, 4) is 0 Å². The second-order valence-corrected chi connectivity index (χ2v) is 2.92. The van der Waals surface area contributed by atoms with E-state index >= 15 is 0 Å². The molecule has 0 saturated carbocycles. The van der Waals surface area contributed by atoms with Crippen molar-refractivity contribution >= 4 is 11.9 Å². The maximum Gasteiger partial charge on any atom is 0.0466 e. The SMILES string of the molecule is CC1=NC2=CC=NC=C(C=C1)C2. The first-order valence-corrected chi connectivity index (χ1v) is 3.99. The molecule has 0 amide bonds. The fourth-order valence-corrected chi connectivity index (χ4v) is 1.25. The average Bonchev–Trinajstić information content (AvgIpc) is 2.35. The summed E-state index contributed by atoms with van der Waals surface area (Å²) in [5, 5.41) is 0. The van der Waals surface area contributed by atoms with Crippen LogP contribution in [0.1, 0.15) is 13.3 Å². The van der Waals surface area contributed by atoms with Gasteiger partial charge in [-0.2, -0.15) is 0 Å². The van der Waals surface area contributed by atoms with Gasteiger partial charge in [-0.3, -0.25) is 9.98 Å². The number of allylic oxidation sites excluding steroid dienone is 4. The van der Waals surface area contributed by atoms with E-state index in [2.05, 4.69) is 16.1 Å². The van der Waals surface area contributed by atoms with Crippen molar-refractivity contribution in [1.29, 1.82) is 0 Å². The molecule has 0 aromatic rings. The Balaban J connectivity index is 2.48. The Hall–Kier alpha value is -1.44. The molecule has 2 heteroatoms. The average molecular weight is 158 g/mol. The molecule has 0 atom stereocenters. The quantitative estimate of drug-likeness (QED) is 0.516. The minimum Gasteiger partial charge on any atom is -0.264 e. The van der Waals surface area contributed by atoms with Crippen LogP contribution in [0.25, 0.3) is 0 Å². The zero-order valence-electron chi connectivity index (χ0n) is 6.99. The van der Waals surface area contributed by atoms with Crippen LogP contribution >= 0.6 is 0 Å². The van der Waals surface area contributed by atoms with Crippen molar-refractivity contribution in [3.63, 3.8) is 0 Å². The summed E-state index contributed by atoms with van der Waals surface area (Å²) in [6, 6.07) is 0. The summed E-state index contributed by atoms with van der Waals surface area (Å²) >= 11 is 0. The maximum atomic E-state index is 4.42. The van der Waals surface area contributed by atoms with E-state index in [1.807, 2.05) is 25.3 Å². The van der Waals surface area contributed by atoms with Crippen LogP contribution in [0.3, 0.4) is 0 Å². The van der Waals surface area contributed by atoms with Gasteiger partial charge >= 0.3 is 0 Å². The van der Waals surface area contributed by atoms with Crippen LogP contribution in [-0.4, -0.2) is 11.9 Å². The molecule has 2 nitrogen and oxygen atoms in total. The topological polar surface area (TPSA) is 24.7 Å². The van der Waals surface area contributed by atoms with E-state index in [0.29, 0.717) is 0 Å². The van der Waals surface area contributed by atoms with Crippen molar-refractivity contribution in [1.82, 2.24) is 0 Å². The van der Waals surface area contributed by atoms with Crippen LogP contribution in [-0.2, 0) is 0 Å². The Bertz CT molecular complexity index is 341. The molecule has 0 unspecified atom stereocenters. The number of aliphatic imine (C=N–C) groups is 2. The highest BCUT2D eigenvalue weighted by Crippen LogP contribution is 2.18. The summed E-state index contributed by atoms with van der Waals surface area (Å²) in [6.07, 6.45) is 10.6. The largest absolute Gasteiger partial charge is 0.264 e. The third kappa shape index (κ3) is 1.42. The van der Waals surface area contributed by atoms with Gasteiger partial charge in [0.1, 0.15) is 0 Å². The van der Waals surface area contributed by atoms with Crippen molar-refractivity contribution in [2.45, 2.75) is 13.3 Å². The lowest BCUT2D eigenvalue weighted by molar-refractivity contribution is 1.13. The molecule has 2 aliphatic heterocycles. The second-order valence-electron chi connectivity index (χ2n) is 2.92. The number of fused-ring (bicyclic) bond motifs is 2. The third-order valence-corrected chi connectivity index (χ3v) is 1.84. The lowest BCUT2D eigenvalue weighted by atomic mass is 10.1. The molecule has 2 heterocycles. The predicted octanol–water partition coefficient (Wildman–Crippen LogP) is 2.26. The highest BCUT2D eigenvalue weighted by Gasteiger charge is 2.04. The molecule has 0 aromatic heterocycles. The third-order valence-electron chi connectivity index (χ3n) is 1.84. The van der Waals surface area contributed by atoms with E-state index in [0.717, 1.165) is 17.8 Å². The van der Waals surface area contributed by atoms with Gasteiger partial charge in [-0.1, -0.05) is 6.08 Å². The fraction of sp³-hybridized carbons (Fsp3) is 0.200. The highest BCUT2D eigenvalue weighted by molar-refractivity contribution is 5.95. The first-order chi connectivity index (χ1) is 5.84. The lowest BCUT2D eigenvalue weighted by Crippen LogP contribution is -1.84. The van der Waals surface area contributed by atoms with E-state index in [1.54, 1.807) is 6.21 Å². The van der Waals surface area contributed by atoms with E-state index in [4.69, 9.17) is 0 Å². The monoisotopic (exact) mass is 158 g/mol. The van der Waals surface area contributed by atoms with Crippen LogP contribution in [0.4, 0.5) is 0 Å². The van der Waals surface area contributed by atoms with Crippen LogP contribution in [0.2, 0.25) is 0 Å². The van der Waals surface area contributed by atoms with Gasteiger partial charge in [-0.05, 0) is 24.6 Å². The molecule has 0 saturated heterocycles. The predicted molar refractivity (Wildman–Crippen MR) is 51.5 cm³/mol. The Morgan fingerprint density at radius 3 is 3.17 bits per heavy atom. The van der Waals surface area contributed by atoms with Crippen molar-refractivity contribution < 1.29 is 0 Å². The van der Waals surface area contributed by atoms with Gasteiger partial charge in [0.15, 0.2) is 0 Å². The van der Waals surface area contributed by atoms with Gasteiger partial charge in [-0.15, -0.1) is 0 Å². The zero-order valence-corrected chi connectivity index (χ0v) is 6.99. The van der Waals surface area contributed by atoms with Gasteiger partial charge < -0.3 is 0 Å². The first kappa shape index (κ1) is 7.22. The van der Waals surface area contributed by atoms with Crippen LogP contribution in [0, 0.1) is 0 Å². The Kier molecular flexibility index (Phi) is 1.74. The highest BCUT2D eigenvalue weighted by atomic mass is 14.8. The van der Waals surface area contributed by atoms with Gasteiger partial charge in [0.2, 0.25) is 0 Å². The molecule has 0 N–H and O–H groups in total. The summed E-state index contributed by atoms with van der Waals surface area (Å²) in [6.45, 7) is 2.01. The van der Waals surface area contributed by atoms with Gasteiger partial charge in [0, 0.05) is 30.2 Å². The second kappa shape index (κ2) is 2.89. The Morgan fingerprint density at radius 1 is 1.33 bits per heavy atom. The molecule has 12 heavy (non-hydrogen) atoms. The van der Waals surface area contributed by atoms with Crippen LogP contribution < -0.4 is 0 Å². The summed E-state index contributed by atoms with van der Waals surface area (Å²) in [7, 11) is 0. The number of hydrogen-bond donors (Lipinski definition) is 0. The number of rotatable bonds is 0. The lowest BCUT2D eigenvalue weighted by Gasteiger charge is -1.96. The Morgan fingerprint density at radius 2 is 2.25 bits per heavy atom. The normalized spacial score (nSPS) is 20.6.